The van der Waals surface area contributed by atoms with Gasteiger partial charge in [0.1, 0.15) is 5.52 Å². The summed E-state index contributed by atoms with van der Waals surface area (Å²) >= 11 is 1.45. The quantitative estimate of drug-likeness (QED) is 0.742. The Morgan fingerprint density at radius 2 is 2.14 bits per heavy atom. The van der Waals surface area contributed by atoms with Gasteiger partial charge < -0.3 is 25.6 Å². The fraction of sp³-hybridized carbons (Fsp3) is 0.647. The molecule has 4 heterocycles. The van der Waals surface area contributed by atoms with Crippen LogP contribution in [0.25, 0.3) is 10.3 Å². The van der Waals surface area contributed by atoms with Crippen molar-refractivity contribution in [2.45, 2.75) is 13.0 Å². The second-order valence-electron chi connectivity index (χ2n) is 7.09. The monoisotopic (exact) mass is 406 g/mol. The van der Waals surface area contributed by atoms with Gasteiger partial charge in [0.15, 0.2) is 10.6 Å². The summed E-state index contributed by atoms with van der Waals surface area (Å²) in [5, 5.41) is 3.04. The molecule has 2 fully saturated rings. The lowest BCUT2D eigenvalue weighted by Crippen LogP contribution is -2.56. The van der Waals surface area contributed by atoms with Crippen LogP contribution in [0.2, 0.25) is 0 Å². The van der Waals surface area contributed by atoms with Gasteiger partial charge in [0.2, 0.25) is 5.95 Å². The van der Waals surface area contributed by atoms with E-state index < -0.39 is 0 Å². The van der Waals surface area contributed by atoms with Crippen LogP contribution in [0.4, 0.5) is 16.6 Å². The summed E-state index contributed by atoms with van der Waals surface area (Å²) in [6, 6.07) is 0.0960. The molecular weight excluding hydrogens is 380 g/mol. The standard InChI is InChI=1S/C17H26N8O2S/c1-12-10-24(17(26)19-2-3-23-6-8-27-9-7-23)4-5-25(12)14-13-15(28-11-20-13)22-16(18)21-14/h11-12H,2-10H2,1H3,(H,19,26)(H2,18,21,22). The van der Waals surface area contributed by atoms with Crippen LogP contribution in [-0.2, 0) is 4.74 Å². The molecule has 1 atom stereocenters. The second kappa shape index (κ2) is 8.41. The molecule has 2 aliphatic heterocycles. The first kappa shape index (κ1) is 19.1. The summed E-state index contributed by atoms with van der Waals surface area (Å²) in [4.78, 5) is 32.7. The van der Waals surface area contributed by atoms with Crippen LogP contribution in [0.1, 0.15) is 6.92 Å². The largest absolute Gasteiger partial charge is 0.379 e. The van der Waals surface area contributed by atoms with E-state index in [1.54, 1.807) is 5.51 Å². The van der Waals surface area contributed by atoms with Gasteiger partial charge in [-0.1, -0.05) is 0 Å². The lowest BCUT2D eigenvalue weighted by atomic mass is 10.2. The molecular formula is C17H26N8O2S. The van der Waals surface area contributed by atoms with Crippen LogP contribution >= 0.6 is 11.3 Å². The Hall–Kier alpha value is -2.24. The van der Waals surface area contributed by atoms with Crippen molar-refractivity contribution in [2.75, 3.05) is 69.7 Å². The Balaban J connectivity index is 1.33. The van der Waals surface area contributed by atoms with Crippen LogP contribution in [0.5, 0.6) is 0 Å². The van der Waals surface area contributed by atoms with Gasteiger partial charge in [-0.25, -0.2) is 14.8 Å². The Kier molecular flexibility index (Phi) is 5.74. The van der Waals surface area contributed by atoms with Gasteiger partial charge in [0, 0.05) is 51.9 Å². The Morgan fingerprint density at radius 1 is 1.32 bits per heavy atom. The number of urea groups is 1. The summed E-state index contributed by atoms with van der Waals surface area (Å²) in [6.45, 7) is 8.92. The molecule has 2 amide bonds. The van der Waals surface area contributed by atoms with E-state index in [-0.39, 0.29) is 18.0 Å². The van der Waals surface area contributed by atoms with E-state index in [0.717, 1.165) is 49.0 Å². The number of hydrogen-bond donors (Lipinski definition) is 2. The molecule has 0 spiro atoms. The molecule has 2 saturated heterocycles. The number of nitrogens with zero attached hydrogens (tertiary/aromatic N) is 6. The number of morpholine rings is 1. The minimum atomic E-state index is -0.0132. The van der Waals surface area contributed by atoms with Crippen molar-refractivity contribution in [3.63, 3.8) is 0 Å². The second-order valence-corrected chi connectivity index (χ2v) is 7.92. The highest BCUT2D eigenvalue weighted by Crippen LogP contribution is 2.28. The van der Waals surface area contributed by atoms with Gasteiger partial charge in [0.25, 0.3) is 0 Å². The van der Waals surface area contributed by atoms with Crippen LogP contribution in [0.3, 0.4) is 0 Å². The zero-order chi connectivity index (χ0) is 19.5. The fourth-order valence-electron chi connectivity index (χ4n) is 3.68. The molecule has 0 aliphatic carbocycles. The number of piperazine rings is 1. The maximum absolute atomic E-state index is 12.6. The van der Waals surface area contributed by atoms with Gasteiger partial charge in [-0.05, 0) is 6.92 Å². The smallest absolute Gasteiger partial charge is 0.317 e. The number of carbonyl (C=O) groups excluding carboxylic acids is 1. The number of nitrogens with two attached hydrogens (primary N) is 1. The number of rotatable bonds is 4. The van der Waals surface area contributed by atoms with Crippen LogP contribution in [-0.4, -0.2) is 95.9 Å². The molecule has 0 radical (unpaired) electrons. The third kappa shape index (κ3) is 4.10. The fourth-order valence-corrected chi connectivity index (χ4v) is 4.34. The summed E-state index contributed by atoms with van der Waals surface area (Å²) in [6.07, 6.45) is 0. The summed E-state index contributed by atoms with van der Waals surface area (Å²) < 4.78 is 5.35. The van der Waals surface area contributed by atoms with Gasteiger partial charge >= 0.3 is 6.03 Å². The zero-order valence-corrected chi connectivity index (χ0v) is 16.8. The first-order valence-electron chi connectivity index (χ1n) is 9.58. The van der Waals surface area contributed by atoms with Crippen molar-refractivity contribution < 1.29 is 9.53 Å². The molecule has 4 rings (SSSR count). The van der Waals surface area contributed by atoms with Crippen molar-refractivity contribution in [3.05, 3.63) is 5.51 Å². The minimum absolute atomic E-state index is 0.0132. The topological polar surface area (TPSA) is 113 Å². The van der Waals surface area contributed by atoms with Crippen molar-refractivity contribution in [3.8, 4) is 0 Å². The Morgan fingerprint density at radius 3 is 2.93 bits per heavy atom. The molecule has 2 aromatic heterocycles. The number of nitrogens with one attached hydrogen (secondary N) is 1. The van der Waals surface area contributed by atoms with E-state index in [4.69, 9.17) is 10.5 Å². The number of anilines is 2. The molecule has 11 heteroatoms. The SMILES string of the molecule is CC1CN(C(=O)NCCN2CCOCC2)CCN1c1nc(N)nc2scnc12. The van der Waals surface area contributed by atoms with Crippen molar-refractivity contribution in [1.29, 1.82) is 0 Å². The average Bonchev–Trinajstić information content (AvgIpc) is 3.16. The predicted octanol–water partition coefficient (Wildman–Crippen LogP) is 0.221. The Bertz CT molecular complexity index is 825. The molecule has 152 valence electrons. The number of hydrogen-bond acceptors (Lipinski definition) is 9. The number of amides is 2. The van der Waals surface area contributed by atoms with E-state index >= 15 is 0 Å². The van der Waals surface area contributed by atoms with E-state index in [0.29, 0.717) is 26.2 Å². The number of thiazole rings is 1. The van der Waals surface area contributed by atoms with Gasteiger partial charge in [0.05, 0.1) is 18.7 Å². The first-order valence-corrected chi connectivity index (χ1v) is 10.5. The third-order valence-corrected chi connectivity index (χ3v) is 5.91. The maximum atomic E-state index is 12.6. The zero-order valence-electron chi connectivity index (χ0n) is 16.0. The normalized spacial score (nSPS) is 21.2. The van der Waals surface area contributed by atoms with E-state index in [2.05, 4.69) is 37.0 Å². The molecule has 0 aromatic carbocycles. The average molecular weight is 407 g/mol. The molecule has 28 heavy (non-hydrogen) atoms. The van der Waals surface area contributed by atoms with Crippen LogP contribution in [0.15, 0.2) is 5.51 Å². The van der Waals surface area contributed by atoms with Crippen molar-refractivity contribution in [2.24, 2.45) is 0 Å². The molecule has 2 aliphatic rings. The number of fused-ring (bicyclic) bond motifs is 1. The lowest BCUT2D eigenvalue weighted by molar-refractivity contribution is 0.0385. The maximum Gasteiger partial charge on any atom is 0.317 e. The van der Waals surface area contributed by atoms with Gasteiger partial charge in [-0.15, -0.1) is 11.3 Å². The highest BCUT2D eigenvalue weighted by molar-refractivity contribution is 7.16. The van der Waals surface area contributed by atoms with Crippen molar-refractivity contribution >= 4 is 39.5 Å². The van der Waals surface area contributed by atoms with Crippen molar-refractivity contribution in [1.82, 2.24) is 30.1 Å². The molecule has 1 unspecified atom stereocenters. The number of aromatic nitrogens is 3. The van der Waals surface area contributed by atoms with Gasteiger partial charge in [-0.3, -0.25) is 4.90 Å². The van der Waals surface area contributed by atoms with E-state index in [1.165, 1.54) is 11.3 Å². The third-order valence-electron chi connectivity index (χ3n) is 5.19. The van der Waals surface area contributed by atoms with Crippen LogP contribution in [0, 0.1) is 0 Å². The Labute approximate surface area is 167 Å². The molecule has 3 N–H and O–H groups in total. The number of nitrogen functional groups attached to an aromatic ring is 1. The molecule has 10 nitrogen and oxygen atoms in total. The summed E-state index contributed by atoms with van der Waals surface area (Å²) in [7, 11) is 0. The summed E-state index contributed by atoms with van der Waals surface area (Å²) in [5.74, 6) is 1.01. The summed E-state index contributed by atoms with van der Waals surface area (Å²) in [5.41, 5.74) is 8.40. The number of carbonyl (C=O) groups is 1. The highest BCUT2D eigenvalue weighted by atomic mass is 32.1. The molecule has 2 aromatic rings. The number of ether oxygens (including phenoxy) is 1. The van der Waals surface area contributed by atoms with E-state index in [9.17, 15) is 4.79 Å². The minimum Gasteiger partial charge on any atom is -0.379 e. The predicted molar refractivity (Wildman–Crippen MR) is 109 cm³/mol. The molecule has 0 bridgehead atoms. The molecule has 0 saturated carbocycles. The van der Waals surface area contributed by atoms with Crippen LogP contribution < -0.4 is 16.0 Å². The first-order chi connectivity index (χ1) is 13.6. The highest BCUT2D eigenvalue weighted by Gasteiger charge is 2.29. The lowest BCUT2D eigenvalue weighted by Gasteiger charge is -2.40. The van der Waals surface area contributed by atoms with E-state index in [1.807, 2.05) is 4.90 Å². The van der Waals surface area contributed by atoms with Gasteiger partial charge in [-0.2, -0.15) is 4.98 Å².